The van der Waals surface area contributed by atoms with E-state index in [0.717, 1.165) is 0 Å². The first-order valence-electron chi connectivity index (χ1n) is 8.63. The molecule has 0 unspecified atom stereocenters. The number of rotatable bonds is 8. The van der Waals surface area contributed by atoms with Crippen LogP contribution < -0.4 is 19.5 Å². The van der Waals surface area contributed by atoms with Gasteiger partial charge in [0.25, 0.3) is 0 Å². The van der Waals surface area contributed by atoms with Crippen molar-refractivity contribution < 1.29 is 38.7 Å². The maximum Gasteiger partial charge on any atom is 0.205 e. The molecular weight excluding hydrogens is 382 g/mol. The van der Waals surface area contributed by atoms with Crippen LogP contribution in [0.15, 0.2) is 28.7 Å². The maximum absolute atomic E-state index is 13.3. The van der Waals surface area contributed by atoms with Gasteiger partial charge in [0.1, 0.15) is 0 Å². The Hall–Kier alpha value is -3.59. The van der Waals surface area contributed by atoms with Crippen molar-refractivity contribution in [2.24, 2.45) is 0 Å². The van der Waals surface area contributed by atoms with Crippen molar-refractivity contribution in [3.05, 3.63) is 35.4 Å². The monoisotopic (exact) mass is 403 g/mol. The molecule has 0 spiro atoms. The van der Waals surface area contributed by atoms with E-state index in [1.165, 1.54) is 39.5 Å². The highest BCUT2D eigenvalue weighted by molar-refractivity contribution is 6.20. The second-order valence-corrected chi connectivity index (χ2v) is 6.01. The number of fused-ring (bicyclic) bond motifs is 1. The molecule has 0 aliphatic heterocycles. The van der Waals surface area contributed by atoms with Crippen LogP contribution in [0.5, 0.6) is 28.7 Å². The molecule has 0 amide bonds. The SMILES string of the molecule is COc1cc(C(=O)c2c(NCCO)oc3c(O)c(OC)ccc23)cc(O)c1OC. The Morgan fingerprint density at radius 2 is 1.79 bits per heavy atom. The van der Waals surface area contributed by atoms with Crippen LogP contribution in [0.4, 0.5) is 5.88 Å². The van der Waals surface area contributed by atoms with Gasteiger partial charge in [-0.05, 0) is 24.3 Å². The lowest BCUT2D eigenvalue weighted by Gasteiger charge is -2.11. The summed E-state index contributed by atoms with van der Waals surface area (Å²) in [5.74, 6) is -0.492. The molecule has 0 atom stereocenters. The number of anilines is 1. The lowest BCUT2D eigenvalue weighted by Crippen LogP contribution is -2.10. The summed E-state index contributed by atoms with van der Waals surface area (Å²) in [6.07, 6.45) is 0. The summed E-state index contributed by atoms with van der Waals surface area (Å²) in [6, 6.07) is 5.77. The van der Waals surface area contributed by atoms with Crippen molar-refractivity contribution in [1.82, 2.24) is 0 Å². The number of ketones is 1. The van der Waals surface area contributed by atoms with Crippen molar-refractivity contribution in [2.45, 2.75) is 0 Å². The summed E-state index contributed by atoms with van der Waals surface area (Å²) in [7, 11) is 4.15. The Balaban J connectivity index is 2.21. The zero-order valence-electron chi connectivity index (χ0n) is 16.1. The van der Waals surface area contributed by atoms with Crippen LogP contribution >= 0.6 is 0 Å². The molecule has 3 aromatic rings. The highest BCUT2D eigenvalue weighted by Crippen LogP contribution is 2.43. The van der Waals surface area contributed by atoms with Crippen LogP contribution in [0.3, 0.4) is 0 Å². The third kappa shape index (κ3) is 3.47. The molecule has 0 fully saturated rings. The second-order valence-electron chi connectivity index (χ2n) is 6.01. The summed E-state index contributed by atoms with van der Waals surface area (Å²) >= 11 is 0. The number of aliphatic hydroxyl groups excluding tert-OH is 1. The predicted octanol–water partition coefficient (Wildman–Crippen LogP) is 2.50. The average molecular weight is 403 g/mol. The Kier molecular flexibility index (Phi) is 5.69. The van der Waals surface area contributed by atoms with Crippen LogP contribution in [0.2, 0.25) is 0 Å². The van der Waals surface area contributed by atoms with Crippen LogP contribution in [-0.4, -0.2) is 55.6 Å². The number of benzene rings is 2. The molecule has 154 valence electrons. The topological polar surface area (TPSA) is 131 Å². The van der Waals surface area contributed by atoms with Gasteiger partial charge in [0.15, 0.2) is 28.6 Å². The molecule has 0 radical (unpaired) electrons. The minimum absolute atomic E-state index is 0.0536. The van der Waals surface area contributed by atoms with Crippen LogP contribution in [0.1, 0.15) is 15.9 Å². The van der Waals surface area contributed by atoms with Crippen molar-refractivity contribution >= 4 is 22.6 Å². The first-order chi connectivity index (χ1) is 14.0. The minimum atomic E-state index is -0.495. The molecule has 9 heteroatoms. The summed E-state index contributed by atoms with van der Waals surface area (Å²) in [5, 5.41) is 32.9. The van der Waals surface area contributed by atoms with Crippen LogP contribution in [0, 0.1) is 0 Å². The van der Waals surface area contributed by atoms with Gasteiger partial charge in [-0.15, -0.1) is 0 Å². The molecule has 0 bridgehead atoms. The first kappa shape index (κ1) is 20.2. The largest absolute Gasteiger partial charge is 0.504 e. The smallest absolute Gasteiger partial charge is 0.205 e. The quantitative estimate of drug-likeness (QED) is 0.419. The predicted molar refractivity (Wildman–Crippen MR) is 105 cm³/mol. The van der Waals surface area contributed by atoms with Gasteiger partial charge >= 0.3 is 0 Å². The number of nitrogens with one attached hydrogen (secondary N) is 1. The van der Waals surface area contributed by atoms with E-state index in [9.17, 15) is 15.0 Å². The van der Waals surface area contributed by atoms with Crippen LogP contribution in [0.25, 0.3) is 11.0 Å². The summed E-state index contributed by atoms with van der Waals surface area (Å²) in [5.41, 5.74) is 0.293. The molecule has 1 aromatic heterocycles. The molecule has 0 aliphatic rings. The average Bonchev–Trinajstić information content (AvgIpc) is 3.10. The Bertz CT molecular complexity index is 1060. The fourth-order valence-electron chi connectivity index (χ4n) is 3.03. The standard InChI is InChI=1S/C20H21NO8/c1-26-13-5-4-11-15(20(21-6-7-22)29-18(11)17(13)25)16(24)10-8-12(23)19(28-3)14(9-10)27-2/h4-5,8-9,21-23,25H,6-7H2,1-3H3. The molecular formula is C20H21NO8. The Morgan fingerprint density at radius 3 is 2.41 bits per heavy atom. The number of methoxy groups -OCH3 is 3. The summed E-state index contributed by atoms with van der Waals surface area (Å²) in [6.45, 7) is -0.0771. The van der Waals surface area contributed by atoms with Gasteiger partial charge in [-0.1, -0.05) is 0 Å². The molecule has 2 aromatic carbocycles. The van der Waals surface area contributed by atoms with Gasteiger partial charge in [-0.25, -0.2) is 0 Å². The summed E-state index contributed by atoms with van der Waals surface area (Å²) < 4.78 is 21.0. The second kappa shape index (κ2) is 8.19. The lowest BCUT2D eigenvalue weighted by atomic mass is 10.0. The molecule has 9 nitrogen and oxygen atoms in total. The van der Waals surface area contributed by atoms with Gasteiger partial charge < -0.3 is 39.3 Å². The molecule has 0 saturated carbocycles. The lowest BCUT2D eigenvalue weighted by molar-refractivity contribution is 0.103. The van der Waals surface area contributed by atoms with E-state index in [1.807, 2.05) is 0 Å². The number of phenolic OH excluding ortho intramolecular Hbond substituents is 2. The van der Waals surface area contributed by atoms with E-state index >= 15 is 0 Å². The van der Waals surface area contributed by atoms with Crippen molar-refractivity contribution in [3.8, 4) is 28.7 Å². The number of carbonyl (C=O) groups is 1. The number of furan rings is 1. The number of hydrogen-bond donors (Lipinski definition) is 4. The van der Waals surface area contributed by atoms with Gasteiger partial charge in [-0.2, -0.15) is 0 Å². The Labute approximate surface area is 166 Å². The number of phenols is 2. The summed E-state index contributed by atoms with van der Waals surface area (Å²) in [4.78, 5) is 13.3. The van der Waals surface area contributed by atoms with E-state index in [-0.39, 0.29) is 64.5 Å². The van der Waals surface area contributed by atoms with Crippen LogP contribution in [-0.2, 0) is 0 Å². The first-order valence-corrected chi connectivity index (χ1v) is 8.63. The fourth-order valence-corrected chi connectivity index (χ4v) is 3.03. The van der Waals surface area contributed by atoms with Gasteiger partial charge in [0, 0.05) is 17.5 Å². The molecule has 0 saturated heterocycles. The van der Waals surface area contributed by atoms with Crippen molar-refractivity contribution in [2.75, 3.05) is 39.8 Å². The third-order valence-corrected chi connectivity index (χ3v) is 4.36. The fraction of sp³-hybridized carbons (Fsp3) is 0.250. The van der Waals surface area contributed by atoms with Gasteiger partial charge in [-0.3, -0.25) is 4.79 Å². The molecule has 29 heavy (non-hydrogen) atoms. The van der Waals surface area contributed by atoms with E-state index in [2.05, 4.69) is 5.32 Å². The molecule has 3 rings (SSSR count). The van der Waals surface area contributed by atoms with E-state index in [1.54, 1.807) is 6.07 Å². The normalized spacial score (nSPS) is 10.8. The number of carbonyl (C=O) groups excluding carboxylic acids is 1. The van der Waals surface area contributed by atoms with E-state index in [4.69, 9.17) is 23.7 Å². The van der Waals surface area contributed by atoms with E-state index < -0.39 is 5.78 Å². The zero-order valence-corrected chi connectivity index (χ0v) is 16.1. The Morgan fingerprint density at radius 1 is 1.07 bits per heavy atom. The highest BCUT2D eigenvalue weighted by Gasteiger charge is 2.26. The van der Waals surface area contributed by atoms with Crippen molar-refractivity contribution in [3.63, 3.8) is 0 Å². The van der Waals surface area contributed by atoms with Gasteiger partial charge in [0.2, 0.25) is 17.4 Å². The minimum Gasteiger partial charge on any atom is -0.504 e. The van der Waals surface area contributed by atoms with Gasteiger partial charge in [0.05, 0.1) is 33.5 Å². The molecule has 0 aliphatic carbocycles. The molecule has 4 N–H and O–H groups in total. The molecule has 1 heterocycles. The maximum atomic E-state index is 13.3. The number of aliphatic hydroxyl groups is 1. The highest BCUT2D eigenvalue weighted by atomic mass is 16.5. The number of hydrogen-bond acceptors (Lipinski definition) is 9. The van der Waals surface area contributed by atoms with E-state index in [0.29, 0.717) is 5.39 Å². The number of ether oxygens (including phenoxy) is 3. The third-order valence-electron chi connectivity index (χ3n) is 4.36. The zero-order chi connectivity index (χ0) is 21.1. The number of aromatic hydroxyl groups is 2. The van der Waals surface area contributed by atoms with Crippen molar-refractivity contribution in [1.29, 1.82) is 0 Å².